The van der Waals surface area contributed by atoms with E-state index in [1.807, 2.05) is 0 Å². The minimum Gasteiger partial charge on any atom is -0.392 e. The van der Waals surface area contributed by atoms with Crippen molar-refractivity contribution in [3.63, 3.8) is 0 Å². The van der Waals surface area contributed by atoms with E-state index < -0.39 is 0 Å². The molecule has 12 heavy (non-hydrogen) atoms. The Balaban J connectivity index is 2.73. The minimum absolute atomic E-state index is 0.131. The maximum Gasteiger partial charge on any atom is 0.0633 e. The first-order chi connectivity index (χ1) is 5.52. The molecule has 0 saturated heterocycles. The lowest BCUT2D eigenvalue weighted by atomic mass is 9.75. The molecule has 0 spiro atoms. The number of hydrogen-bond donors (Lipinski definition) is 1. The van der Waals surface area contributed by atoms with Gasteiger partial charge < -0.3 is 5.11 Å². The van der Waals surface area contributed by atoms with E-state index in [1.165, 1.54) is 5.57 Å². The molecule has 0 unspecified atom stereocenters. The zero-order valence-corrected chi connectivity index (χ0v) is 8.54. The standard InChI is InChI=1S/C11H20O/c1-7(2)10-6-8(3)5-9(4)11(10)12/h5,7,9-12H,6H2,1-4H3/t9-,10-,11+/m0/s1. The lowest BCUT2D eigenvalue weighted by molar-refractivity contribution is 0.0443. The largest absolute Gasteiger partial charge is 0.392 e. The van der Waals surface area contributed by atoms with Crippen LogP contribution in [0, 0.1) is 17.8 Å². The smallest absolute Gasteiger partial charge is 0.0633 e. The minimum atomic E-state index is -0.131. The highest BCUT2D eigenvalue weighted by atomic mass is 16.3. The van der Waals surface area contributed by atoms with Crippen LogP contribution in [0.25, 0.3) is 0 Å². The van der Waals surface area contributed by atoms with Crippen molar-refractivity contribution in [1.29, 1.82) is 0 Å². The van der Waals surface area contributed by atoms with Gasteiger partial charge in [0.15, 0.2) is 0 Å². The van der Waals surface area contributed by atoms with E-state index in [0.29, 0.717) is 17.8 Å². The molecule has 0 aliphatic heterocycles. The monoisotopic (exact) mass is 168 g/mol. The van der Waals surface area contributed by atoms with Gasteiger partial charge >= 0.3 is 0 Å². The summed E-state index contributed by atoms with van der Waals surface area (Å²) in [6, 6.07) is 0. The molecule has 0 heterocycles. The van der Waals surface area contributed by atoms with Crippen LogP contribution in [0.3, 0.4) is 0 Å². The van der Waals surface area contributed by atoms with Gasteiger partial charge in [0.05, 0.1) is 6.10 Å². The Hall–Kier alpha value is -0.300. The Morgan fingerprint density at radius 1 is 1.50 bits per heavy atom. The van der Waals surface area contributed by atoms with Gasteiger partial charge in [0.2, 0.25) is 0 Å². The number of allylic oxidation sites excluding steroid dienone is 1. The Bertz CT molecular complexity index is 181. The van der Waals surface area contributed by atoms with Crippen LogP contribution < -0.4 is 0 Å². The summed E-state index contributed by atoms with van der Waals surface area (Å²) in [4.78, 5) is 0. The van der Waals surface area contributed by atoms with Crippen LogP contribution in [-0.2, 0) is 0 Å². The molecule has 1 N–H and O–H groups in total. The number of rotatable bonds is 1. The van der Waals surface area contributed by atoms with Crippen LogP contribution >= 0.6 is 0 Å². The Kier molecular flexibility index (Phi) is 2.94. The molecular formula is C11H20O. The van der Waals surface area contributed by atoms with E-state index in [0.717, 1.165) is 6.42 Å². The van der Waals surface area contributed by atoms with Gasteiger partial charge in [0.1, 0.15) is 0 Å². The van der Waals surface area contributed by atoms with Crippen molar-refractivity contribution >= 4 is 0 Å². The summed E-state index contributed by atoms with van der Waals surface area (Å²) in [5.41, 5.74) is 1.44. The van der Waals surface area contributed by atoms with E-state index in [-0.39, 0.29) is 6.10 Å². The summed E-state index contributed by atoms with van der Waals surface area (Å²) >= 11 is 0. The molecule has 0 saturated carbocycles. The Morgan fingerprint density at radius 2 is 2.08 bits per heavy atom. The van der Waals surface area contributed by atoms with Crippen molar-refractivity contribution < 1.29 is 5.11 Å². The van der Waals surface area contributed by atoms with Gasteiger partial charge in [-0.15, -0.1) is 0 Å². The summed E-state index contributed by atoms with van der Waals surface area (Å²) in [6.45, 7) is 8.65. The molecule has 1 heteroatoms. The lowest BCUT2D eigenvalue weighted by Gasteiger charge is -2.33. The molecule has 0 aromatic rings. The summed E-state index contributed by atoms with van der Waals surface area (Å²) in [5.74, 6) is 1.39. The molecular weight excluding hydrogens is 148 g/mol. The van der Waals surface area contributed by atoms with Crippen molar-refractivity contribution in [2.45, 2.75) is 40.2 Å². The van der Waals surface area contributed by atoms with Crippen molar-refractivity contribution in [3.8, 4) is 0 Å². The molecule has 70 valence electrons. The fourth-order valence-corrected chi connectivity index (χ4v) is 2.13. The van der Waals surface area contributed by atoms with Crippen LogP contribution in [0.5, 0.6) is 0 Å². The van der Waals surface area contributed by atoms with E-state index in [1.54, 1.807) is 0 Å². The Morgan fingerprint density at radius 3 is 2.58 bits per heavy atom. The molecule has 1 rings (SSSR count). The first kappa shape index (κ1) is 9.79. The summed E-state index contributed by atoms with van der Waals surface area (Å²) in [6.07, 6.45) is 3.14. The molecule has 1 aliphatic rings. The molecule has 0 bridgehead atoms. The van der Waals surface area contributed by atoms with E-state index in [4.69, 9.17) is 0 Å². The topological polar surface area (TPSA) is 20.2 Å². The van der Waals surface area contributed by atoms with Crippen molar-refractivity contribution in [1.82, 2.24) is 0 Å². The maximum atomic E-state index is 9.88. The van der Waals surface area contributed by atoms with Gasteiger partial charge in [-0.25, -0.2) is 0 Å². The predicted molar refractivity (Wildman–Crippen MR) is 51.9 cm³/mol. The van der Waals surface area contributed by atoms with Crippen LogP contribution in [-0.4, -0.2) is 11.2 Å². The van der Waals surface area contributed by atoms with Crippen molar-refractivity contribution in [2.24, 2.45) is 17.8 Å². The second-order valence-electron chi connectivity index (χ2n) is 4.47. The molecule has 1 aliphatic carbocycles. The SMILES string of the molecule is CC1=C[C@H](C)[C@@H](O)[C@H](C(C)C)C1. The van der Waals surface area contributed by atoms with Gasteiger partial charge in [0.25, 0.3) is 0 Å². The van der Waals surface area contributed by atoms with Crippen molar-refractivity contribution in [2.75, 3.05) is 0 Å². The maximum absolute atomic E-state index is 9.88. The van der Waals surface area contributed by atoms with Crippen LogP contribution in [0.1, 0.15) is 34.1 Å². The third kappa shape index (κ3) is 1.89. The van der Waals surface area contributed by atoms with Gasteiger partial charge in [-0.2, -0.15) is 0 Å². The number of hydrogen-bond acceptors (Lipinski definition) is 1. The highest BCUT2D eigenvalue weighted by Gasteiger charge is 2.29. The predicted octanol–water partition coefficient (Wildman–Crippen LogP) is 2.61. The van der Waals surface area contributed by atoms with E-state index in [9.17, 15) is 5.11 Å². The molecule has 0 aromatic heterocycles. The van der Waals surface area contributed by atoms with Crippen molar-refractivity contribution in [3.05, 3.63) is 11.6 Å². The fourth-order valence-electron chi connectivity index (χ4n) is 2.13. The first-order valence-electron chi connectivity index (χ1n) is 4.87. The second kappa shape index (κ2) is 3.61. The lowest BCUT2D eigenvalue weighted by Crippen LogP contribution is -2.33. The summed E-state index contributed by atoms with van der Waals surface area (Å²) in [7, 11) is 0. The highest BCUT2D eigenvalue weighted by molar-refractivity contribution is 5.09. The molecule has 0 radical (unpaired) electrons. The highest BCUT2D eigenvalue weighted by Crippen LogP contribution is 2.32. The van der Waals surface area contributed by atoms with Crippen LogP contribution in [0.15, 0.2) is 11.6 Å². The van der Waals surface area contributed by atoms with Crippen LogP contribution in [0.2, 0.25) is 0 Å². The van der Waals surface area contributed by atoms with Crippen LogP contribution in [0.4, 0.5) is 0 Å². The van der Waals surface area contributed by atoms with Gasteiger partial charge in [-0.1, -0.05) is 32.4 Å². The quantitative estimate of drug-likeness (QED) is 0.597. The molecule has 3 atom stereocenters. The molecule has 0 aromatic carbocycles. The average Bonchev–Trinajstić information content (AvgIpc) is 1.96. The Labute approximate surface area is 75.5 Å². The zero-order valence-electron chi connectivity index (χ0n) is 8.54. The first-order valence-corrected chi connectivity index (χ1v) is 4.87. The third-order valence-corrected chi connectivity index (χ3v) is 2.94. The summed E-state index contributed by atoms with van der Waals surface area (Å²) in [5, 5.41) is 9.88. The van der Waals surface area contributed by atoms with Gasteiger partial charge in [-0.05, 0) is 25.2 Å². The fraction of sp³-hybridized carbons (Fsp3) is 0.818. The second-order valence-corrected chi connectivity index (χ2v) is 4.47. The molecule has 0 amide bonds. The van der Waals surface area contributed by atoms with E-state index >= 15 is 0 Å². The molecule has 1 nitrogen and oxygen atoms in total. The van der Waals surface area contributed by atoms with Gasteiger partial charge in [0, 0.05) is 5.92 Å². The average molecular weight is 168 g/mol. The molecule has 0 fully saturated rings. The number of aliphatic hydroxyl groups excluding tert-OH is 1. The number of aliphatic hydroxyl groups is 1. The zero-order chi connectivity index (χ0) is 9.30. The normalized spacial score (nSPS) is 36.8. The van der Waals surface area contributed by atoms with Gasteiger partial charge in [-0.3, -0.25) is 0 Å². The van der Waals surface area contributed by atoms with E-state index in [2.05, 4.69) is 33.8 Å². The summed E-state index contributed by atoms with van der Waals surface area (Å²) < 4.78 is 0. The third-order valence-electron chi connectivity index (χ3n) is 2.94.